The molecule has 3 rings (SSSR count). The first kappa shape index (κ1) is 17.8. The molecule has 132 valence electrons. The maximum atomic E-state index is 13.0. The molecule has 0 aromatic heterocycles. The lowest BCUT2D eigenvalue weighted by Gasteiger charge is -2.37. The highest BCUT2D eigenvalue weighted by Gasteiger charge is 2.35. The van der Waals surface area contributed by atoms with Gasteiger partial charge in [0, 0.05) is 10.7 Å². The van der Waals surface area contributed by atoms with Gasteiger partial charge in [-0.2, -0.15) is 13.2 Å². The first-order valence-electron chi connectivity index (χ1n) is 7.72. The summed E-state index contributed by atoms with van der Waals surface area (Å²) in [4.78, 5) is 14.1. The van der Waals surface area contributed by atoms with E-state index in [0.29, 0.717) is 22.7 Å². The van der Waals surface area contributed by atoms with E-state index in [2.05, 4.69) is 0 Å². The molecular weight excluding hydrogens is 353 g/mol. The number of benzene rings is 2. The van der Waals surface area contributed by atoms with Crippen molar-refractivity contribution in [1.29, 1.82) is 0 Å². The SMILES string of the molecule is C[C@@H](c1cccc(C(F)(F)F)c1)N1C(=O)[C@H](N)Cc2ccc(Cl)cc21. The number of rotatable bonds is 2. The van der Waals surface area contributed by atoms with Crippen molar-refractivity contribution in [2.45, 2.75) is 31.6 Å². The summed E-state index contributed by atoms with van der Waals surface area (Å²) < 4.78 is 39.0. The second kappa shape index (κ2) is 6.35. The minimum atomic E-state index is -4.45. The number of carbonyl (C=O) groups excluding carboxylic acids is 1. The van der Waals surface area contributed by atoms with Gasteiger partial charge in [-0.1, -0.05) is 29.8 Å². The van der Waals surface area contributed by atoms with E-state index < -0.39 is 23.8 Å². The van der Waals surface area contributed by atoms with Gasteiger partial charge < -0.3 is 10.6 Å². The van der Waals surface area contributed by atoms with Gasteiger partial charge in [-0.25, -0.2) is 0 Å². The molecule has 1 aliphatic heterocycles. The van der Waals surface area contributed by atoms with Gasteiger partial charge >= 0.3 is 6.18 Å². The van der Waals surface area contributed by atoms with E-state index in [-0.39, 0.29) is 5.91 Å². The van der Waals surface area contributed by atoms with Gasteiger partial charge in [-0.3, -0.25) is 4.79 Å². The number of alkyl halides is 3. The lowest BCUT2D eigenvalue weighted by Crippen LogP contribution is -2.49. The summed E-state index contributed by atoms with van der Waals surface area (Å²) >= 11 is 6.04. The van der Waals surface area contributed by atoms with E-state index in [9.17, 15) is 18.0 Å². The van der Waals surface area contributed by atoms with Crippen LogP contribution in [-0.4, -0.2) is 11.9 Å². The summed E-state index contributed by atoms with van der Waals surface area (Å²) in [6.07, 6.45) is -4.07. The summed E-state index contributed by atoms with van der Waals surface area (Å²) in [5, 5.41) is 0.447. The van der Waals surface area contributed by atoms with Gasteiger partial charge in [0.15, 0.2) is 0 Å². The van der Waals surface area contributed by atoms with Crippen LogP contribution < -0.4 is 10.6 Å². The molecule has 1 amide bonds. The highest BCUT2D eigenvalue weighted by molar-refractivity contribution is 6.31. The second-order valence-electron chi connectivity index (χ2n) is 6.09. The highest BCUT2D eigenvalue weighted by Crippen LogP contribution is 2.37. The van der Waals surface area contributed by atoms with Crippen LogP contribution in [0.4, 0.5) is 18.9 Å². The summed E-state index contributed by atoms with van der Waals surface area (Å²) in [5.41, 5.74) is 6.99. The number of halogens is 4. The molecule has 1 heterocycles. The third-order valence-electron chi connectivity index (χ3n) is 4.38. The number of amides is 1. The molecule has 0 bridgehead atoms. The van der Waals surface area contributed by atoms with Crippen LogP contribution >= 0.6 is 11.6 Å². The van der Waals surface area contributed by atoms with Gasteiger partial charge in [0.05, 0.1) is 17.6 Å². The van der Waals surface area contributed by atoms with Crippen molar-refractivity contribution in [3.8, 4) is 0 Å². The quantitative estimate of drug-likeness (QED) is 0.857. The summed E-state index contributed by atoms with van der Waals surface area (Å²) in [6.45, 7) is 1.68. The highest BCUT2D eigenvalue weighted by atomic mass is 35.5. The van der Waals surface area contributed by atoms with Gasteiger partial charge in [-0.15, -0.1) is 0 Å². The third-order valence-corrected chi connectivity index (χ3v) is 4.62. The Hall–Kier alpha value is -2.05. The topological polar surface area (TPSA) is 46.3 Å². The van der Waals surface area contributed by atoms with Crippen LogP contribution in [0.2, 0.25) is 5.02 Å². The molecule has 2 N–H and O–H groups in total. The molecule has 2 aromatic rings. The zero-order valence-corrected chi connectivity index (χ0v) is 14.1. The van der Waals surface area contributed by atoms with Crippen LogP contribution in [0.3, 0.4) is 0 Å². The number of carbonyl (C=O) groups is 1. The molecule has 3 nitrogen and oxygen atoms in total. The van der Waals surface area contributed by atoms with Crippen LogP contribution in [0, 0.1) is 0 Å². The van der Waals surface area contributed by atoms with Crippen molar-refractivity contribution in [3.05, 3.63) is 64.2 Å². The average molecular weight is 369 g/mol. The molecule has 7 heteroatoms. The van der Waals surface area contributed by atoms with E-state index >= 15 is 0 Å². The lowest BCUT2D eigenvalue weighted by molar-refractivity contribution is -0.137. The van der Waals surface area contributed by atoms with E-state index in [1.54, 1.807) is 31.2 Å². The fraction of sp³-hybridized carbons (Fsp3) is 0.278. The summed E-state index contributed by atoms with van der Waals surface area (Å²) in [5.74, 6) is -0.334. The average Bonchev–Trinajstić information content (AvgIpc) is 2.55. The van der Waals surface area contributed by atoms with Crippen molar-refractivity contribution in [2.75, 3.05) is 4.90 Å². The van der Waals surface area contributed by atoms with Crippen LogP contribution in [0.15, 0.2) is 42.5 Å². The number of nitrogens with two attached hydrogens (primary N) is 1. The maximum absolute atomic E-state index is 13.0. The van der Waals surface area contributed by atoms with Crippen LogP contribution in [0.1, 0.15) is 29.7 Å². The van der Waals surface area contributed by atoms with E-state index in [1.165, 1.54) is 11.0 Å². The largest absolute Gasteiger partial charge is 0.416 e. The fourth-order valence-corrected chi connectivity index (χ4v) is 3.25. The predicted octanol–water partition coefficient (Wildman–Crippen LogP) is 4.34. The van der Waals surface area contributed by atoms with Crippen molar-refractivity contribution in [2.24, 2.45) is 5.73 Å². The molecule has 0 fully saturated rings. The Balaban J connectivity index is 2.06. The molecule has 2 aromatic carbocycles. The Morgan fingerprint density at radius 1 is 1.24 bits per heavy atom. The lowest BCUT2D eigenvalue weighted by atomic mass is 9.94. The third kappa shape index (κ3) is 3.37. The first-order chi connectivity index (χ1) is 11.7. The standard InChI is InChI=1S/C18H16ClF3N2O/c1-10(11-3-2-4-13(7-11)18(20,21)22)24-16-9-14(19)6-5-12(16)8-15(23)17(24)25/h2-7,9-10,15H,8,23H2,1H3/t10-,15+/m0/s1. The molecule has 0 saturated heterocycles. The molecule has 0 unspecified atom stereocenters. The normalized spacial score (nSPS) is 18.9. The van der Waals surface area contributed by atoms with Crippen LogP contribution in [0.5, 0.6) is 0 Å². The van der Waals surface area contributed by atoms with Gasteiger partial charge in [0.2, 0.25) is 5.91 Å². The van der Waals surface area contributed by atoms with E-state index in [0.717, 1.165) is 17.7 Å². The van der Waals surface area contributed by atoms with Crippen molar-refractivity contribution < 1.29 is 18.0 Å². The Kier molecular flexibility index (Phi) is 4.51. The number of hydrogen-bond donors (Lipinski definition) is 1. The van der Waals surface area contributed by atoms with Crippen molar-refractivity contribution in [3.63, 3.8) is 0 Å². The number of nitrogens with zero attached hydrogens (tertiary/aromatic N) is 1. The zero-order chi connectivity index (χ0) is 18.4. The number of fused-ring (bicyclic) bond motifs is 1. The molecular formula is C18H16ClF3N2O. The second-order valence-corrected chi connectivity index (χ2v) is 6.53. The maximum Gasteiger partial charge on any atom is 0.416 e. The van der Waals surface area contributed by atoms with Crippen LogP contribution in [0.25, 0.3) is 0 Å². The number of hydrogen-bond acceptors (Lipinski definition) is 2. The molecule has 2 atom stereocenters. The number of anilines is 1. The molecule has 0 radical (unpaired) electrons. The predicted molar refractivity (Wildman–Crippen MR) is 90.5 cm³/mol. The van der Waals surface area contributed by atoms with Gasteiger partial charge in [-0.05, 0) is 48.7 Å². The van der Waals surface area contributed by atoms with Gasteiger partial charge in [0.1, 0.15) is 0 Å². The summed E-state index contributed by atoms with van der Waals surface area (Å²) in [6, 6.07) is 8.75. The minimum absolute atomic E-state index is 0.334. The smallest absolute Gasteiger partial charge is 0.320 e. The molecule has 25 heavy (non-hydrogen) atoms. The van der Waals surface area contributed by atoms with Gasteiger partial charge in [0.25, 0.3) is 0 Å². The monoisotopic (exact) mass is 368 g/mol. The fourth-order valence-electron chi connectivity index (χ4n) is 3.08. The zero-order valence-electron chi connectivity index (χ0n) is 13.3. The first-order valence-corrected chi connectivity index (χ1v) is 8.10. The van der Waals surface area contributed by atoms with Crippen molar-refractivity contribution in [1.82, 2.24) is 0 Å². The van der Waals surface area contributed by atoms with E-state index in [1.807, 2.05) is 0 Å². The van der Waals surface area contributed by atoms with Crippen LogP contribution in [-0.2, 0) is 17.4 Å². The Morgan fingerprint density at radius 3 is 2.64 bits per heavy atom. The molecule has 0 spiro atoms. The summed E-state index contributed by atoms with van der Waals surface area (Å²) in [7, 11) is 0. The Bertz CT molecular complexity index is 822. The Labute approximate surface area is 148 Å². The molecule has 0 saturated carbocycles. The minimum Gasteiger partial charge on any atom is -0.320 e. The van der Waals surface area contributed by atoms with Crippen molar-refractivity contribution >= 4 is 23.2 Å². The van der Waals surface area contributed by atoms with E-state index in [4.69, 9.17) is 17.3 Å². The molecule has 0 aliphatic carbocycles. The molecule has 1 aliphatic rings. The Morgan fingerprint density at radius 2 is 1.96 bits per heavy atom.